The van der Waals surface area contributed by atoms with Crippen LogP contribution in [-0.4, -0.2) is 26.1 Å². The van der Waals surface area contributed by atoms with Crippen LogP contribution in [0, 0.1) is 5.41 Å². The third-order valence-corrected chi connectivity index (χ3v) is 3.18. The molecule has 0 spiro atoms. The highest BCUT2D eigenvalue weighted by molar-refractivity contribution is 6.47. The maximum atomic E-state index is 11.3. The topological polar surface area (TPSA) is 35.5 Å². The Balaban J connectivity index is 1.87. The Bertz CT molecular complexity index is 242. The molecular formula is C11H19BO3. The van der Waals surface area contributed by atoms with E-state index in [-0.39, 0.29) is 12.5 Å². The van der Waals surface area contributed by atoms with Crippen LogP contribution in [0.5, 0.6) is 0 Å². The molecule has 0 aromatic carbocycles. The van der Waals surface area contributed by atoms with Gasteiger partial charge in [-0.05, 0) is 6.42 Å². The summed E-state index contributed by atoms with van der Waals surface area (Å²) in [5.74, 6) is 0.658. The SMILES string of the molecule is CC1(C)COB(C2CCCC(=O)C2)OC1. The molecule has 1 saturated carbocycles. The second-order valence-corrected chi connectivity index (χ2v) is 5.55. The summed E-state index contributed by atoms with van der Waals surface area (Å²) >= 11 is 0. The number of carbonyl (C=O) groups excluding carboxylic acids is 1. The summed E-state index contributed by atoms with van der Waals surface area (Å²) in [4.78, 5) is 11.3. The number of Topliss-reactive ketones (excluding diaryl/α,β-unsaturated/α-hetero) is 1. The summed E-state index contributed by atoms with van der Waals surface area (Å²) in [6.07, 6.45) is 3.45. The number of hydrogen-bond acceptors (Lipinski definition) is 3. The highest BCUT2D eigenvalue weighted by atomic mass is 16.6. The zero-order valence-electron chi connectivity index (χ0n) is 9.62. The molecule has 1 heterocycles. The lowest BCUT2D eigenvalue weighted by molar-refractivity contribution is -0.120. The first-order valence-corrected chi connectivity index (χ1v) is 5.82. The zero-order valence-corrected chi connectivity index (χ0v) is 9.62. The van der Waals surface area contributed by atoms with Crippen molar-refractivity contribution >= 4 is 12.9 Å². The monoisotopic (exact) mass is 210 g/mol. The van der Waals surface area contributed by atoms with Crippen molar-refractivity contribution in [2.45, 2.75) is 45.3 Å². The fraction of sp³-hybridized carbons (Fsp3) is 0.909. The quantitative estimate of drug-likeness (QED) is 0.621. The summed E-state index contributed by atoms with van der Waals surface area (Å²) in [6.45, 7) is 5.75. The summed E-state index contributed by atoms with van der Waals surface area (Å²) in [5.41, 5.74) is 0.120. The van der Waals surface area contributed by atoms with Crippen molar-refractivity contribution in [3.05, 3.63) is 0 Å². The third-order valence-electron chi connectivity index (χ3n) is 3.18. The Morgan fingerprint density at radius 3 is 2.60 bits per heavy atom. The highest BCUT2D eigenvalue weighted by Crippen LogP contribution is 2.34. The molecular weight excluding hydrogens is 191 g/mol. The van der Waals surface area contributed by atoms with Gasteiger partial charge in [-0.15, -0.1) is 0 Å². The first kappa shape index (κ1) is 11.1. The van der Waals surface area contributed by atoms with Crippen LogP contribution in [0.15, 0.2) is 0 Å². The number of rotatable bonds is 1. The van der Waals surface area contributed by atoms with E-state index in [1.165, 1.54) is 0 Å². The number of carbonyl (C=O) groups is 1. The van der Waals surface area contributed by atoms with Crippen molar-refractivity contribution < 1.29 is 14.1 Å². The average molecular weight is 210 g/mol. The van der Waals surface area contributed by atoms with Gasteiger partial charge < -0.3 is 9.31 Å². The molecule has 2 fully saturated rings. The Labute approximate surface area is 91.7 Å². The van der Waals surface area contributed by atoms with E-state index in [1.807, 2.05) is 0 Å². The van der Waals surface area contributed by atoms with Crippen LogP contribution in [0.25, 0.3) is 0 Å². The maximum Gasteiger partial charge on any atom is 0.460 e. The predicted octanol–water partition coefficient (Wildman–Crippen LogP) is 2.06. The molecule has 0 bridgehead atoms. The summed E-state index contributed by atoms with van der Waals surface area (Å²) in [5, 5.41) is 0. The molecule has 4 heteroatoms. The molecule has 84 valence electrons. The highest BCUT2D eigenvalue weighted by Gasteiger charge is 2.39. The molecule has 0 N–H and O–H groups in total. The second-order valence-electron chi connectivity index (χ2n) is 5.55. The van der Waals surface area contributed by atoms with E-state index in [2.05, 4.69) is 13.8 Å². The Kier molecular flexibility index (Phi) is 3.17. The van der Waals surface area contributed by atoms with Crippen LogP contribution in [0.3, 0.4) is 0 Å². The third kappa shape index (κ3) is 2.82. The minimum absolute atomic E-state index is 0.120. The van der Waals surface area contributed by atoms with Gasteiger partial charge in [0, 0.05) is 37.3 Å². The first-order chi connectivity index (χ1) is 7.07. The molecule has 0 aromatic rings. The van der Waals surface area contributed by atoms with Crippen molar-refractivity contribution in [2.75, 3.05) is 13.2 Å². The summed E-state index contributed by atoms with van der Waals surface area (Å²) in [6, 6.07) is 0. The van der Waals surface area contributed by atoms with Gasteiger partial charge >= 0.3 is 7.12 Å². The molecule has 1 unspecified atom stereocenters. The molecule has 1 aliphatic heterocycles. The lowest BCUT2D eigenvalue weighted by Gasteiger charge is -2.36. The van der Waals surface area contributed by atoms with Gasteiger partial charge in [-0.25, -0.2) is 0 Å². The van der Waals surface area contributed by atoms with Crippen LogP contribution in [0.2, 0.25) is 5.82 Å². The van der Waals surface area contributed by atoms with Crippen molar-refractivity contribution in [1.29, 1.82) is 0 Å². The van der Waals surface area contributed by atoms with Crippen molar-refractivity contribution in [3.63, 3.8) is 0 Å². The number of ketones is 1. The van der Waals surface area contributed by atoms with Gasteiger partial charge in [-0.3, -0.25) is 4.79 Å². The van der Waals surface area contributed by atoms with Crippen LogP contribution in [0.4, 0.5) is 0 Å². The van der Waals surface area contributed by atoms with Gasteiger partial charge in [0.2, 0.25) is 0 Å². The lowest BCUT2D eigenvalue weighted by atomic mass is 9.63. The molecule has 1 aliphatic carbocycles. The fourth-order valence-corrected chi connectivity index (χ4v) is 2.27. The van der Waals surface area contributed by atoms with E-state index in [0.717, 1.165) is 32.5 Å². The minimum Gasteiger partial charge on any atom is -0.410 e. The summed E-state index contributed by atoms with van der Waals surface area (Å²) < 4.78 is 11.4. The summed E-state index contributed by atoms with van der Waals surface area (Å²) in [7, 11) is -0.137. The Morgan fingerprint density at radius 1 is 1.33 bits per heavy atom. The normalized spacial score (nSPS) is 31.7. The molecule has 1 saturated heterocycles. The standard InChI is InChI=1S/C11H19BO3/c1-11(2)7-14-12(15-8-11)9-4-3-5-10(13)6-9/h9H,3-8H2,1-2H3. The molecule has 0 amide bonds. The molecule has 0 aromatic heterocycles. The van der Waals surface area contributed by atoms with Gasteiger partial charge in [-0.1, -0.05) is 20.3 Å². The Hall–Kier alpha value is -0.345. The smallest absolute Gasteiger partial charge is 0.410 e. The largest absolute Gasteiger partial charge is 0.460 e. The van der Waals surface area contributed by atoms with E-state index in [4.69, 9.17) is 9.31 Å². The molecule has 2 rings (SSSR count). The second kappa shape index (κ2) is 4.26. The maximum absolute atomic E-state index is 11.3. The van der Waals surface area contributed by atoms with E-state index >= 15 is 0 Å². The molecule has 1 atom stereocenters. The minimum atomic E-state index is -0.137. The van der Waals surface area contributed by atoms with Crippen molar-refractivity contribution in [3.8, 4) is 0 Å². The van der Waals surface area contributed by atoms with Crippen LogP contribution in [-0.2, 0) is 14.1 Å². The van der Waals surface area contributed by atoms with Gasteiger partial charge in [0.1, 0.15) is 5.78 Å². The molecule has 3 nitrogen and oxygen atoms in total. The van der Waals surface area contributed by atoms with Gasteiger partial charge in [-0.2, -0.15) is 0 Å². The predicted molar refractivity (Wildman–Crippen MR) is 58.7 cm³/mol. The lowest BCUT2D eigenvalue weighted by Crippen LogP contribution is -2.44. The fourth-order valence-electron chi connectivity index (χ4n) is 2.27. The number of hydrogen-bond donors (Lipinski definition) is 0. The van der Waals surface area contributed by atoms with E-state index in [1.54, 1.807) is 0 Å². The van der Waals surface area contributed by atoms with Crippen molar-refractivity contribution in [2.24, 2.45) is 5.41 Å². The van der Waals surface area contributed by atoms with Gasteiger partial charge in [0.05, 0.1) is 0 Å². The van der Waals surface area contributed by atoms with Crippen LogP contribution in [0.1, 0.15) is 39.5 Å². The van der Waals surface area contributed by atoms with E-state index in [0.29, 0.717) is 18.0 Å². The van der Waals surface area contributed by atoms with E-state index < -0.39 is 0 Å². The molecule has 2 aliphatic rings. The van der Waals surface area contributed by atoms with Crippen molar-refractivity contribution in [1.82, 2.24) is 0 Å². The Morgan fingerprint density at radius 2 is 2.00 bits per heavy atom. The van der Waals surface area contributed by atoms with Gasteiger partial charge in [0.25, 0.3) is 0 Å². The van der Waals surface area contributed by atoms with Crippen LogP contribution < -0.4 is 0 Å². The molecule has 15 heavy (non-hydrogen) atoms. The molecule has 0 radical (unpaired) electrons. The first-order valence-electron chi connectivity index (χ1n) is 5.82. The zero-order chi connectivity index (χ0) is 10.9. The van der Waals surface area contributed by atoms with E-state index in [9.17, 15) is 4.79 Å². The van der Waals surface area contributed by atoms with Gasteiger partial charge in [0.15, 0.2) is 0 Å². The average Bonchev–Trinajstić information content (AvgIpc) is 2.17. The van der Waals surface area contributed by atoms with Crippen LogP contribution >= 0.6 is 0 Å².